The maximum absolute atomic E-state index is 5.54. The molecule has 0 aromatic rings. The number of rotatable bonds is 5. The third kappa shape index (κ3) is 2.27. The SMILES string of the molecule is COC1(CNCC2CCC2)CCOC1. The molecule has 82 valence electrons. The molecule has 2 fully saturated rings. The van der Waals surface area contributed by atoms with Crippen LogP contribution < -0.4 is 5.32 Å². The number of hydrogen-bond acceptors (Lipinski definition) is 3. The van der Waals surface area contributed by atoms with Crippen molar-refractivity contribution in [1.82, 2.24) is 5.32 Å². The summed E-state index contributed by atoms with van der Waals surface area (Å²) in [5.41, 5.74) is -0.0379. The Hall–Kier alpha value is -0.120. The zero-order chi connectivity index (χ0) is 9.86. The van der Waals surface area contributed by atoms with E-state index in [1.54, 1.807) is 7.11 Å². The lowest BCUT2D eigenvalue weighted by Gasteiger charge is -2.30. The maximum Gasteiger partial charge on any atom is 0.106 e. The topological polar surface area (TPSA) is 30.5 Å². The third-order valence-electron chi connectivity index (χ3n) is 3.61. The second kappa shape index (κ2) is 4.60. The molecule has 1 N–H and O–H groups in total. The van der Waals surface area contributed by atoms with Crippen LogP contribution in [0.4, 0.5) is 0 Å². The zero-order valence-corrected chi connectivity index (χ0v) is 9.05. The number of ether oxygens (including phenoxy) is 2. The van der Waals surface area contributed by atoms with Gasteiger partial charge >= 0.3 is 0 Å². The summed E-state index contributed by atoms with van der Waals surface area (Å²) < 4.78 is 10.9. The van der Waals surface area contributed by atoms with Crippen molar-refractivity contribution in [2.75, 3.05) is 33.4 Å². The molecule has 14 heavy (non-hydrogen) atoms. The fraction of sp³-hybridized carbons (Fsp3) is 1.00. The van der Waals surface area contributed by atoms with Crippen molar-refractivity contribution >= 4 is 0 Å². The average molecular weight is 199 g/mol. The van der Waals surface area contributed by atoms with E-state index >= 15 is 0 Å². The monoisotopic (exact) mass is 199 g/mol. The van der Waals surface area contributed by atoms with E-state index in [1.807, 2.05) is 0 Å². The van der Waals surface area contributed by atoms with Gasteiger partial charge in [-0.1, -0.05) is 6.42 Å². The molecule has 1 atom stereocenters. The Balaban J connectivity index is 1.66. The molecule has 0 amide bonds. The second-order valence-electron chi connectivity index (χ2n) is 4.62. The van der Waals surface area contributed by atoms with Gasteiger partial charge in [-0.25, -0.2) is 0 Å². The molecule has 1 saturated carbocycles. The van der Waals surface area contributed by atoms with Crippen molar-refractivity contribution in [1.29, 1.82) is 0 Å². The van der Waals surface area contributed by atoms with E-state index in [2.05, 4.69) is 5.32 Å². The van der Waals surface area contributed by atoms with Crippen LogP contribution in [0.5, 0.6) is 0 Å². The molecule has 1 unspecified atom stereocenters. The van der Waals surface area contributed by atoms with Gasteiger partial charge in [0, 0.05) is 26.7 Å². The van der Waals surface area contributed by atoms with Crippen molar-refractivity contribution in [3.8, 4) is 0 Å². The van der Waals surface area contributed by atoms with Gasteiger partial charge in [0.05, 0.1) is 6.61 Å². The Morgan fingerprint density at radius 1 is 1.50 bits per heavy atom. The molecule has 0 bridgehead atoms. The van der Waals surface area contributed by atoms with E-state index in [0.717, 1.165) is 38.6 Å². The minimum Gasteiger partial charge on any atom is -0.378 e. The predicted molar refractivity (Wildman–Crippen MR) is 55.4 cm³/mol. The fourth-order valence-corrected chi connectivity index (χ4v) is 2.16. The summed E-state index contributed by atoms with van der Waals surface area (Å²) in [6, 6.07) is 0. The second-order valence-corrected chi connectivity index (χ2v) is 4.62. The van der Waals surface area contributed by atoms with Crippen LogP contribution in [0.3, 0.4) is 0 Å². The van der Waals surface area contributed by atoms with Crippen molar-refractivity contribution in [3.63, 3.8) is 0 Å². The molecule has 0 spiro atoms. The van der Waals surface area contributed by atoms with Crippen LogP contribution in [0.25, 0.3) is 0 Å². The molecule has 1 aliphatic heterocycles. The molecule has 1 aliphatic carbocycles. The molecular weight excluding hydrogens is 178 g/mol. The molecule has 2 rings (SSSR count). The molecule has 2 aliphatic rings. The van der Waals surface area contributed by atoms with Gasteiger partial charge in [0.15, 0.2) is 0 Å². The third-order valence-corrected chi connectivity index (χ3v) is 3.61. The number of hydrogen-bond donors (Lipinski definition) is 1. The minimum atomic E-state index is -0.0379. The Kier molecular flexibility index (Phi) is 3.42. The van der Waals surface area contributed by atoms with Crippen LogP contribution in [-0.2, 0) is 9.47 Å². The van der Waals surface area contributed by atoms with Crippen LogP contribution in [0.15, 0.2) is 0 Å². The Labute approximate surface area is 86.2 Å². The molecule has 0 aromatic carbocycles. The summed E-state index contributed by atoms with van der Waals surface area (Å²) in [4.78, 5) is 0. The van der Waals surface area contributed by atoms with Crippen molar-refractivity contribution in [2.45, 2.75) is 31.3 Å². The van der Waals surface area contributed by atoms with E-state index in [-0.39, 0.29) is 5.60 Å². The van der Waals surface area contributed by atoms with Crippen LogP contribution >= 0.6 is 0 Å². The molecule has 0 radical (unpaired) electrons. The van der Waals surface area contributed by atoms with Crippen molar-refractivity contribution in [3.05, 3.63) is 0 Å². The molecule has 1 saturated heterocycles. The van der Waals surface area contributed by atoms with Gasteiger partial charge in [0.1, 0.15) is 5.60 Å². The Bertz CT molecular complexity index is 174. The first kappa shape index (κ1) is 10.4. The normalized spacial score (nSPS) is 33.2. The quantitative estimate of drug-likeness (QED) is 0.721. The van der Waals surface area contributed by atoms with Gasteiger partial charge in [-0.2, -0.15) is 0 Å². The molecule has 0 aromatic heterocycles. The van der Waals surface area contributed by atoms with Crippen LogP contribution in [0.1, 0.15) is 25.7 Å². The summed E-state index contributed by atoms with van der Waals surface area (Å²) >= 11 is 0. The first-order valence-electron chi connectivity index (χ1n) is 5.68. The van der Waals surface area contributed by atoms with Crippen molar-refractivity contribution < 1.29 is 9.47 Å². The van der Waals surface area contributed by atoms with Gasteiger partial charge < -0.3 is 14.8 Å². The van der Waals surface area contributed by atoms with E-state index in [1.165, 1.54) is 19.3 Å². The maximum atomic E-state index is 5.54. The van der Waals surface area contributed by atoms with E-state index < -0.39 is 0 Å². The minimum absolute atomic E-state index is 0.0379. The Morgan fingerprint density at radius 2 is 2.36 bits per heavy atom. The average Bonchev–Trinajstić information content (AvgIpc) is 2.59. The summed E-state index contributed by atoms with van der Waals surface area (Å²) in [7, 11) is 1.79. The highest BCUT2D eigenvalue weighted by molar-refractivity contribution is 4.87. The smallest absolute Gasteiger partial charge is 0.106 e. The summed E-state index contributed by atoms with van der Waals surface area (Å²) in [6.07, 6.45) is 5.26. The Morgan fingerprint density at radius 3 is 2.86 bits per heavy atom. The predicted octanol–water partition coefficient (Wildman–Crippen LogP) is 1.18. The van der Waals surface area contributed by atoms with Gasteiger partial charge in [0.2, 0.25) is 0 Å². The standard InChI is InChI=1S/C11H21NO2/c1-13-11(5-6-14-9-11)8-12-7-10-3-2-4-10/h10,12H,2-9H2,1H3. The highest BCUT2D eigenvalue weighted by Gasteiger charge is 2.34. The lowest BCUT2D eigenvalue weighted by molar-refractivity contribution is -0.0166. The highest BCUT2D eigenvalue weighted by atomic mass is 16.5. The molecular formula is C11H21NO2. The summed E-state index contributed by atoms with van der Waals surface area (Å²) in [5.74, 6) is 0.922. The van der Waals surface area contributed by atoms with Gasteiger partial charge in [-0.15, -0.1) is 0 Å². The van der Waals surface area contributed by atoms with Crippen LogP contribution in [0, 0.1) is 5.92 Å². The number of methoxy groups -OCH3 is 1. The molecule has 1 heterocycles. The molecule has 3 nitrogen and oxygen atoms in total. The summed E-state index contributed by atoms with van der Waals surface area (Å²) in [5, 5.41) is 3.52. The molecule has 3 heteroatoms. The van der Waals surface area contributed by atoms with E-state index in [9.17, 15) is 0 Å². The van der Waals surface area contributed by atoms with E-state index in [0.29, 0.717) is 0 Å². The zero-order valence-electron chi connectivity index (χ0n) is 9.05. The largest absolute Gasteiger partial charge is 0.378 e. The summed E-state index contributed by atoms with van der Waals surface area (Å²) in [6.45, 7) is 3.70. The van der Waals surface area contributed by atoms with Crippen molar-refractivity contribution in [2.24, 2.45) is 5.92 Å². The van der Waals surface area contributed by atoms with Gasteiger partial charge in [0.25, 0.3) is 0 Å². The highest BCUT2D eigenvalue weighted by Crippen LogP contribution is 2.26. The van der Waals surface area contributed by atoms with E-state index in [4.69, 9.17) is 9.47 Å². The van der Waals surface area contributed by atoms with Gasteiger partial charge in [-0.05, 0) is 25.3 Å². The number of nitrogens with one attached hydrogen (secondary N) is 1. The van der Waals surface area contributed by atoms with Crippen LogP contribution in [0.2, 0.25) is 0 Å². The lowest BCUT2D eigenvalue weighted by atomic mass is 9.85. The first-order chi connectivity index (χ1) is 6.85. The lowest BCUT2D eigenvalue weighted by Crippen LogP contribution is -2.44. The fourth-order valence-electron chi connectivity index (χ4n) is 2.16. The van der Waals surface area contributed by atoms with Gasteiger partial charge in [-0.3, -0.25) is 0 Å². The van der Waals surface area contributed by atoms with Crippen LogP contribution in [-0.4, -0.2) is 39.0 Å². The first-order valence-corrected chi connectivity index (χ1v) is 5.68.